The number of piperazine rings is 1. The Morgan fingerprint density at radius 1 is 1.29 bits per heavy atom. The summed E-state index contributed by atoms with van der Waals surface area (Å²) in [5, 5.41) is 3.39. The number of rotatable bonds is 1. The molecule has 1 fully saturated rings. The van der Waals surface area contributed by atoms with Gasteiger partial charge in [-0.3, -0.25) is 9.78 Å². The van der Waals surface area contributed by atoms with Crippen molar-refractivity contribution in [2.75, 3.05) is 13.1 Å². The summed E-state index contributed by atoms with van der Waals surface area (Å²) < 4.78 is 0. The van der Waals surface area contributed by atoms with Crippen LogP contribution in [-0.2, 0) is 0 Å². The lowest BCUT2D eigenvalue weighted by Gasteiger charge is -2.35. The van der Waals surface area contributed by atoms with Gasteiger partial charge in [0.25, 0.3) is 5.91 Å². The molecule has 0 spiro atoms. The van der Waals surface area contributed by atoms with Crippen LogP contribution in [0.2, 0.25) is 0 Å². The van der Waals surface area contributed by atoms with Crippen molar-refractivity contribution >= 4 is 5.91 Å². The quantitative estimate of drug-likeness (QED) is 0.773. The Morgan fingerprint density at radius 3 is 2.47 bits per heavy atom. The van der Waals surface area contributed by atoms with Crippen molar-refractivity contribution in [1.29, 1.82) is 0 Å². The number of hydrogen-bond donors (Lipinski definition) is 1. The molecule has 5 nitrogen and oxygen atoms in total. The van der Waals surface area contributed by atoms with Crippen LogP contribution < -0.4 is 5.32 Å². The molecule has 1 aromatic heterocycles. The van der Waals surface area contributed by atoms with E-state index in [4.69, 9.17) is 0 Å². The minimum Gasteiger partial charge on any atom is -0.334 e. The van der Waals surface area contributed by atoms with Crippen LogP contribution in [0.15, 0.2) is 12.4 Å². The van der Waals surface area contributed by atoms with Crippen molar-refractivity contribution in [1.82, 2.24) is 20.2 Å². The van der Waals surface area contributed by atoms with Crippen molar-refractivity contribution in [3.05, 3.63) is 23.8 Å². The summed E-state index contributed by atoms with van der Waals surface area (Å²) in [5.41, 5.74) is 1.25. The lowest BCUT2D eigenvalue weighted by Crippen LogP contribution is -2.55. The van der Waals surface area contributed by atoms with Gasteiger partial charge < -0.3 is 10.2 Å². The first-order valence-corrected chi connectivity index (χ1v) is 5.90. The van der Waals surface area contributed by atoms with Crippen LogP contribution in [0.4, 0.5) is 0 Å². The van der Waals surface area contributed by atoms with Gasteiger partial charge >= 0.3 is 0 Å². The first kappa shape index (κ1) is 12.0. The highest BCUT2D eigenvalue weighted by atomic mass is 16.2. The van der Waals surface area contributed by atoms with Crippen molar-refractivity contribution in [3.8, 4) is 0 Å². The van der Waals surface area contributed by atoms with Gasteiger partial charge in [0, 0.05) is 31.4 Å². The summed E-state index contributed by atoms with van der Waals surface area (Å²) in [6.07, 6.45) is 3.18. The molecule has 0 radical (unpaired) electrons. The molecule has 2 rings (SSSR count). The standard InChI is InChI=1S/C12H18N4O/c1-8-4-14-11(5-13-8)12(17)16-6-9(2)15-10(3)7-16/h4-5,9-10,15H,6-7H2,1-3H3/t9-,10+. The van der Waals surface area contributed by atoms with E-state index >= 15 is 0 Å². The predicted molar refractivity (Wildman–Crippen MR) is 64.7 cm³/mol. The highest BCUT2D eigenvalue weighted by Gasteiger charge is 2.26. The number of nitrogens with zero attached hydrogens (tertiary/aromatic N) is 3. The first-order valence-electron chi connectivity index (χ1n) is 5.90. The Kier molecular flexibility index (Phi) is 3.38. The molecule has 5 heteroatoms. The molecule has 17 heavy (non-hydrogen) atoms. The number of hydrogen-bond acceptors (Lipinski definition) is 4. The van der Waals surface area contributed by atoms with Crippen molar-refractivity contribution in [2.24, 2.45) is 0 Å². The average Bonchev–Trinajstić information content (AvgIpc) is 2.28. The zero-order valence-electron chi connectivity index (χ0n) is 10.5. The van der Waals surface area contributed by atoms with Crippen LogP contribution in [0.5, 0.6) is 0 Å². The molecule has 2 atom stereocenters. The Morgan fingerprint density at radius 2 is 1.94 bits per heavy atom. The topological polar surface area (TPSA) is 58.1 Å². The number of aromatic nitrogens is 2. The van der Waals surface area contributed by atoms with Crippen molar-refractivity contribution in [3.63, 3.8) is 0 Å². The maximum Gasteiger partial charge on any atom is 0.274 e. The molecule has 1 amide bonds. The predicted octanol–water partition coefficient (Wildman–Crippen LogP) is 0.607. The molecule has 0 saturated carbocycles. The zero-order chi connectivity index (χ0) is 12.4. The van der Waals surface area contributed by atoms with E-state index in [2.05, 4.69) is 29.1 Å². The second-order valence-electron chi connectivity index (χ2n) is 4.72. The van der Waals surface area contributed by atoms with E-state index in [0.29, 0.717) is 17.8 Å². The normalized spacial score (nSPS) is 24.8. The number of carbonyl (C=O) groups excluding carboxylic acids is 1. The lowest BCUT2D eigenvalue weighted by molar-refractivity contribution is 0.0667. The summed E-state index contributed by atoms with van der Waals surface area (Å²) >= 11 is 0. The average molecular weight is 234 g/mol. The van der Waals surface area contributed by atoms with Gasteiger partial charge in [0.2, 0.25) is 0 Å². The molecule has 0 bridgehead atoms. The van der Waals surface area contributed by atoms with Gasteiger partial charge in [-0.15, -0.1) is 0 Å². The first-order chi connectivity index (χ1) is 8.06. The number of nitrogens with one attached hydrogen (secondary N) is 1. The van der Waals surface area contributed by atoms with Crippen LogP contribution in [0.3, 0.4) is 0 Å². The van der Waals surface area contributed by atoms with Gasteiger partial charge in [-0.2, -0.15) is 0 Å². The van der Waals surface area contributed by atoms with Crippen LogP contribution in [0.25, 0.3) is 0 Å². The van der Waals surface area contributed by atoms with Gasteiger partial charge in [-0.1, -0.05) is 0 Å². The molecule has 1 aromatic rings. The van der Waals surface area contributed by atoms with Crippen molar-refractivity contribution in [2.45, 2.75) is 32.9 Å². The fraction of sp³-hybridized carbons (Fsp3) is 0.583. The Labute approximate surface area is 101 Å². The highest BCUT2D eigenvalue weighted by Crippen LogP contribution is 2.08. The van der Waals surface area contributed by atoms with Gasteiger partial charge in [-0.25, -0.2) is 4.98 Å². The van der Waals surface area contributed by atoms with Crippen LogP contribution in [0, 0.1) is 6.92 Å². The lowest BCUT2D eigenvalue weighted by atomic mass is 10.1. The molecular formula is C12H18N4O. The third-order valence-electron chi connectivity index (χ3n) is 2.84. The van der Waals surface area contributed by atoms with Gasteiger partial charge in [0.05, 0.1) is 11.9 Å². The molecule has 1 aliphatic heterocycles. The number of aryl methyl sites for hydroxylation is 1. The molecule has 0 unspecified atom stereocenters. The van der Waals surface area contributed by atoms with Crippen LogP contribution in [0.1, 0.15) is 30.0 Å². The Balaban J connectivity index is 2.11. The van der Waals surface area contributed by atoms with E-state index in [-0.39, 0.29) is 5.91 Å². The minimum atomic E-state index is -0.0299. The molecule has 1 aliphatic rings. The third-order valence-corrected chi connectivity index (χ3v) is 2.84. The summed E-state index contributed by atoms with van der Waals surface area (Å²) in [7, 11) is 0. The SMILES string of the molecule is Cc1cnc(C(=O)N2C[C@@H](C)N[C@@H](C)C2)cn1. The second kappa shape index (κ2) is 4.79. The molecule has 1 saturated heterocycles. The highest BCUT2D eigenvalue weighted by molar-refractivity contribution is 5.92. The molecule has 92 valence electrons. The minimum absolute atomic E-state index is 0.0299. The molecule has 2 heterocycles. The molecule has 0 aliphatic carbocycles. The second-order valence-corrected chi connectivity index (χ2v) is 4.72. The van der Waals surface area contributed by atoms with Gasteiger partial charge in [0.1, 0.15) is 5.69 Å². The van der Waals surface area contributed by atoms with E-state index in [1.807, 2.05) is 11.8 Å². The smallest absolute Gasteiger partial charge is 0.274 e. The van der Waals surface area contributed by atoms with E-state index in [9.17, 15) is 4.79 Å². The van der Waals surface area contributed by atoms with Gasteiger partial charge in [-0.05, 0) is 20.8 Å². The monoisotopic (exact) mass is 234 g/mol. The van der Waals surface area contributed by atoms with Crippen molar-refractivity contribution < 1.29 is 4.79 Å². The summed E-state index contributed by atoms with van der Waals surface area (Å²) in [6.45, 7) is 7.46. The van der Waals surface area contributed by atoms with E-state index in [1.165, 1.54) is 0 Å². The van der Waals surface area contributed by atoms with Crippen LogP contribution in [-0.4, -0.2) is 45.9 Å². The fourth-order valence-corrected chi connectivity index (χ4v) is 2.16. The third kappa shape index (κ3) is 2.79. The fourth-order valence-electron chi connectivity index (χ4n) is 2.16. The maximum absolute atomic E-state index is 12.2. The zero-order valence-corrected chi connectivity index (χ0v) is 10.5. The molecule has 1 N–H and O–H groups in total. The molecule has 0 aromatic carbocycles. The number of carbonyl (C=O) groups is 1. The maximum atomic E-state index is 12.2. The number of amides is 1. The Hall–Kier alpha value is -1.49. The summed E-state index contributed by atoms with van der Waals surface area (Å²) in [6, 6.07) is 0.641. The Bertz CT molecular complexity index is 393. The van der Waals surface area contributed by atoms with E-state index < -0.39 is 0 Å². The summed E-state index contributed by atoms with van der Waals surface area (Å²) in [5.74, 6) is -0.0299. The van der Waals surface area contributed by atoms with Crippen LogP contribution >= 0.6 is 0 Å². The van der Waals surface area contributed by atoms with Gasteiger partial charge in [0.15, 0.2) is 0 Å². The molecular weight excluding hydrogens is 216 g/mol. The van der Waals surface area contributed by atoms with E-state index in [1.54, 1.807) is 12.4 Å². The summed E-state index contributed by atoms with van der Waals surface area (Å²) in [4.78, 5) is 22.3. The van der Waals surface area contributed by atoms with E-state index in [0.717, 1.165) is 18.8 Å². The largest absolute Gasteiger partial charge is 0.334 e.